The highest BCUT2D eigenvalue weighted by molar-refractivity contribution is 5.95. The summed E-state index contributed by atoms with van der Waals surface area (Å²) in [5, 5.41) is 8.83. The molecule has 1 N–H and O–H groups in total. The lowest BCUT2D eigenvalue weighted by Crippen LogP contribution is -2.34. The molecule has 20 heavy (non-hydrogen) atoms. The number of furan rings is 1. The van der Waals surface area contributed by atoms with Gasteiger partial charge in [-0.25, -0.2) is 4.79 Å². The van der Waals surface area contributed by atoms with Gasteiger partial charge in [-0.15, -0.1) is 0 Å². The number of amides is 1. The number of methoxy groups -OCH3 is 1. The smallest absolute Gasteiger partial charge is 0.338 e. The quantitative estimate of drug-likeness (QED) is 0.916. The van der Waals surface area contributed by atoms with Gasteiger partial charge >= 0.3 is 5.97 Å². The minimum Gasteiger partial charge on any atom is -0.478 e. The molecule has 0 bridgehead atoms. The fourth-order valence-electron chi connectivity index (χ4n) is 2.38. The Morgan fingerprint density at radius 2 is 2.15 bits per heavy atom. The Balaban J connectivity index is 2.07. The van der Waals surface area contributed by atoms with Gasteiger partial charge in [0, 0.05) is 26.3 Å². The van der Waals surface area contributed by atoms with Gasteiger partial charge in [0.05, 0.1) is 11.2 Å². The van der Waals surface area contributed by atoms with Crippen LogP contribution in [-0.2, 0) is 4.74 Å². The standard InChI is InChI=1S/C14H19NO5/c1-14(19-2)4-3-6-15(7-5-14)12(16)11-8-10(9-20-11)13(17)18/h8-9H,3-7H2,1-2H3,(H,17,18). The molecule has 0 spiro atoms. The van der Waals surface area contributed by atoms with E-state index in [9.17, 15) is 9.59 Å². The predicted octanol–water partition coefficient (Wildman–Crippen LogP) is 2.01. The van der Waals surface area contributed by atoms with Crippen molar-refractivity contribution in [1.82, 2.24) is 4.90 Å². The molecule has 1 aromatic heterocycles. The Morgan fingerprint density at radius 3 is 2.75 bits per heavy atom. The summed E-state index contributed by atoms with van der Waals surface area (Å²) >= 11 is 0. The van der Waals surface area contributed by atoms with Crippen molar-refractivity contribution >= 4 is 11.9 Å². The molecule has 6 nitrogen and oxygen atoms in total. The molecule has 1 aliphatic rings. The van der Waals surface area contributed by atoms with E-state index in [4.69, 9.17) is 14.3 Å². The van der Waals surface area contributed by atoms with Gasteiger partial charge in [-0.3, -0.25) is 4.79 Å². The average Bonchev–Trinajstić information content (AvgIpc) is 2.83. The highest BCUT2D eigenvalue weighted by Gasteiger charge is 2.30. The number of aromatic carboxylic acids is 1. The summed E-state index contributed by atoms with van der Waals surface area (Å²) in [6, 6.07) is 1.27. The highest BCUT2D eigenvalue weighted by atomic mass is 16.5. The molecule has 0 aliphatic carbocycles. The third-order valence-corrected chi connectivity index (χ3v) is 3.88. The van der Waals surface area contributed by atoms with Crippen molar-refractivity contribution in [2.45, 2.75) is 31.8 Å². The minimum absolute atomic E-state index is 0.00935. The molecule has 110 valence electrons. The summed E-state index contributed by atoms with van der Waals surface area (Å²) in [5.41, 5.74) is -0.213. The average molecular weight is 281 g/mol. The molecule has 6 heteroatoms. The number of carboxylic acids is 1. The van der Waals surface area contributed by atoms with Crippen LogP contribution in [0.25, 0.3) is 0 Å². The maximum atomic E-state index is 12.3. The lowest BCUT2D eigenvalue weighted by molar-refractivity contribution is -0.00544. The number of carboxylic acid groups (broad SMARTS) is 1. The van der Waals surface area contributed by atoms with Gasteiger partial charge in [-0.1, -0.05) is 0 Å². The van der Waals surface area contributed by atoms with Crippen LogP contribution in [0, 0.1) is 0 Å². The molecule has 2 heterocycles. The van der Waals surface area contributed by atoms with Gasteiger partial charge < -0.3 is 19.2 Å². The van der Waals surface area contributed by atoms with E-state index in [2.05, 4.69) is 0 Å². The van der Waals surface area contributed by atoms with Gasteiger partial charge in [-0.05, 0) is 26.2 Å². The first-order chi connectivity index (χ1) is 9.45. The Morgan fingerprint density at radius 1 is 1.40 bits per heavy atom. The van der Waals surface area contributed by atoms with E-state index in [1.807, 2.05) is 6.92 Å². The number of hydrogen-bond acceptors (Lipinski definition) is 4. The number of likely N-dealkylation sites (tertiary alicyclic amines) is 1. The molecule has 1 fully saturated rings. The molecule has 1 saturated heterocycles. The largest absolute Gasteiger partial charge is 0.478 e. The number of hydrogen-bond donors (Lipinski definition) is 1. The molecule has 0 radical (unpaired) electrons. The van der Waals surface area contributed by atoms with Crippen molar-refractivity contribution in [3.63, 3.8) is 0 Å². The van der Waals surface area contributed by atoms with Crippen LogP contribution >= 0.6 is 0 Å². The van der Waals surface area contributed by atoms with Gasteiger partial charge in [0.15, 0.2) is 5.76 Å². The Labute approximate surface area is 117 Å². The summed E-state index contributed by atoms with van der Waals surface area (Å²) in [7, 11) is 1.68. The molecular weight excluding hydrogens is 262 g/mol. The third-order valence-electron chi connectivity index (χ3n) is 3.88. The second-order valence-corrected chi connectivity index (χ2v) is 5.30. The molecule has 1 aliphatic heterocycles. The van der Waals surface area contributed by atoms with Crippen LogP contribution in [0.1, 0.15) is 47.1 Å². The van der Waals surface area contributed by atoms with Crippen molar-refractivity contribution in [3.05, 3.63) is 23.7 Å². The maximum Gasteiger partial charge on any atom is 0.338 e. The minimum atomic E-state index is -1.10. The van der Waals surface area contributed by atoms with Crippen LogP contribution in [0.5, 0.6) is 0 Å². The Kier molecular flexibility index (Phi) is 4.13. The molecule has 0 saturated carbocycles. The Hall–Kier alpha value is -1.82. The summed E-state index contributed by atoms with van der Waals surface area (Å²) in [6.45, 7) is 3.24. The van der Waals surface area contributed by atoms with E-state index in [-0.39, 0.29) is 22.8 Å². The lowest BCUT2D eigenvalue weighted by atomic mass is 9.97. The summed E-state index contributed by atoms with van der Waals surface area (Å²) < 4.78 is 10.5. The van der Waals surface area contributed by atoms with Gasteiger partial charge in [0.1, 0.15) is 6.26 Å². The number of ether oxygens (including phenoxy) is 1. The van der Waals surface area contributed by atoms with Crippen LogP contribution in [0.4, 0.5) is 0 Å². The zero-order chi connectivity index (χ0) is 14.8. The monoisotopic (exact) mass is 281 g/mol. The number of carbonyl (C=O) groups excluding carboxylic acids is 1. The lowest BCUT2D eigenvalue weighted by Gasteiger charge is -2.26. The van der Waals surface area contributed by atoms with E-state index in [0.717, 1.165) is 25.5 Å². The van der Waals surface area contributed by atoms with Gasteiger partial charge in [0.25, 0.3) is 5.91 Å². The van der Waals surface area contributed by atoms with Gasteiger partial charge in [-0.2, -0.15) is 0 Å². The van der Waals surface area contributed by atoms with E-state index in [1.54, 1.807) is 12.0 Å². The van der Waals surface area contributed by atoms with Crippen LogP contribution < -0.4 is 0 Å². The van der Waals surface area contributed by atoms with Crippen molar-refractivity contribution in [1.29, 1.82) is 0 Å². The molecule has 0 aromatic carbocycles. The second kappa shape index (κ2) is 5.66. The molecule has 1 aromatic rings. The molecule has 1 unspecified atom stereocenters. The van der Waals surface area contributed by atoms with Crippen molar-refractivity contribution in [3.8, 4) is 0 Å². The topological polar surface area (TPSA) is 80.0 Å². The predicted molar refractivity (Wildman–Crippen MR) is 70.8 cm³/mol. The fraction of sp³-hybridized carbons (Fsp3) is 0.571. The number of nitrogens with zero attached hydrogens (tertiary/aromatic N) is 1. The van der Waals surface area contributed by atoms with Crippen molar-refractivity contribution in [2.75, 3.05) is 20.2 Å². The van der Waals surface area contributed by atoms with Crippen molar-refractivity contribution in [2.24, 2.45) is 0 Å². The summed E-state index contributed by atoms with van der Waals surface area (Å²) in [5.74, 6) is -1.29. The van der Waals surface area contributed by atoms with Gasteiger partial charge in [0.2, 0.25) is 0 Å². The summed E-state index contributed by atoms with van der Waals surface area (Å²) in [4.78, 5) is 24.8. The molecule has 1 atom stereocenters. The number of carbonyl (C=O) groups is 2. The molecule has 1 amide bonds. The zero-order valence-corrected chi connectivity index (χ0v) is 11.7. The highest BCUT2D eigenvalue weighted by Crippen LogP contribution is 2.26. The van der Waals surface area contributed by atoms with Crippen LogP contribution in [0.15, 0.2) is 16.7 Å². The van der Waals surface area contributed by atoms with Crippen molar-refractivity contribution < 1.29 is 23.8 Å². The Bertz CT molecular complexity index is 509. The van der Waals surface area contributed by atoms with E-state index >= 15 is 0 Å². The first kappa shape index (κ1) is 14.6. The molecular formula is C14H19NO5. The first-order valence-corrected chi connectivity index (χ1v) is 6.61. The summed E-state index contributed by atoms with van der Waals surface area (Å²) in [6.07, 6.45) is 3.59. The zero-order valence-electron chi connectivity index (χ0n) is 11.7. The van der Waals surface area contributed by atoms with Crippen LogP contribution in [0.3, 0.4) is 0 Å². The molecule has 2 rings (SSSR count). The van der Waals surface area contributed by atoms with Crippen LogP contribution in [0.2, 0.25) is 0 Å². The van der Waals surface area contributed by atoms with E-state index in [0.29, 0.717) is 13.1 Å². The number of rotatable bonds is 3. The fourth-order valence-corrected chi connectivity index (χ4v) is 2.38. The SMILES string of the molecule is COC1(C)CCCN(C(=O)c2cc(C(=O)O)co2)CC1. The first-order valence-electron chi connectivity index (χ1n) is 6.61. The second-order valence-electron chi connectivity index (χ2n) is 5.30. The maximum absolute atomic E-state index is 12.3. The van der Waals surface area contributed by atoms with E-state index < -0.39 is 5.97 Å². The van der Waals surface area contributed by atoms with E-state index in [1.165, 1.54) is 6.07 Å². The third kappa shape index (κ3) is 3.01. The van der Waals surface area contributed by atoms with Crippen LogP contribution in [-0.4, -0.2) is 47.7 Å². The normalized spacial score (nSPS) is 23.4.